The lowest BCUT2D eigenvalue weighted by atomic mass is 9.78. The van der Waals surface area contributed by atoms with Crippen LogP contribution in [-0.4, -0.2) is 9.78 Å². The number of rotatable bonds is 1. The monoisotopic (exact) mass is 295 g/mol. The Morgan fingerprint density at radius 3 is 2.52 bits per heavy atom. The number of hydrogen-bond acceptors (Lipinski definition) is 2. The average molecular weight is 295 g/mol. The number of halogens is 3. The van der Waals surface area contributed by atoms with Crippen LogP contribution in [0.2, 0.25) is 0 Å². The van der Waals surface area contributed by atoms with E-state index in [9.17, 15) is 13.2 Å². The molecule has 6 heteroatoms. The zero-order valence-electron chi connectivity index (χ0n) is 11.5. The highest BCUT2D eigenvalue weighted by Gasteiger charge is 2.36. The highest BCUT2D eigenvalue weighted by molar-refractivity contribution is 5.36. The summed E-state index contributed by atoms with van der Waals surface area (Å²) in [5, 5.41) is 3.88. The summed E-state index contributed by atoms with van der Waals surface area (Å²) in [5.41, 5.74) is 7.69. The van der Waals surface area contributed by atoms with Gasteiger partial charge in [0.2, 0.25) is 0 Å². The van der Waals surface area contributed by atoms with Crippen molar-refractivity contribution in [3.63, 3.8) is 0 Å². The largest absolute Gasteiger partial charge is 0.419 e. The summed E-state index contributed by atoms with van der Waals surface area (Å²) in [7, 11) is 0. The number of hydrogen-bond donors (Lipinski definition) is 1. The van der Waals surface area contributed by atoms with Gasteiger partial charge in [0, 0.05) is 6.20 Å². The summed E-state index contributed by atoms with van der Waals surface area (Å²) in [5.74, 6) is 0.240. The number of nitrogens with zero attached hydrogens (tertiary/aromatic N) is 2. The van der Waals surface area contributed by atoms with Crippen LogP contribution >= 0.6 is 0 Å². The molecule has 3 rings (SSSR count). The van der Waals surface area contributed by atoms with Crippen molar-refractivity contribution in [1.29, 1.82) is 0 Å². The van der Waals surface area contributed by atoms with Crippen molar-refractivity contribution >= 4 is 0 Å². The van der Waals surface area contributed by atoms with Gasteiger partial charge in [-0.3, -0.25) is 4.68 Å². The van der Waals surface area contributed by atoms with Crippen molar-refractivity contribution < 1.29 is 13.2 Å². The second-order valence-corrected chi connectivity index (χ2v) is 5.57. The lowest BCUT2D eigenvalue weighted by molar-refractivity contribution is -0.137. The summed E-state index contributed by atoms with van der Waals surface area (Å²) in [6.45, 7) is 2.06. The highest BCUT2D eigenvalue weighted by atomic mass is 19.4. The fourth-order valence-electron chi connectivity index (χ4n) is 3.04. The van der Waals surface area contributed by atoms with Gasteiger partial charge in [0.1, 0.15) is 0 Å². The first-order valence-corrected chi connectivity index (χ1v) is 6.83. The first-order chi connectivity index (χ1) is 9.88. The molecule has 0 radical (unpaired) electrons. The predicted octanol–water partition coefficient (Wildman–Crippen LogP) is 3.65. The number of fused-ring (bicyclic) bond motifs is 1. The first kappa shape index (κ1) is 14.1. The molecule has 0 aliphatic heterocycles. The minimum absolute atomic E-state index is 0.240. The molecule has 1 aliphatic carbocycles. The Hall–Kier alpha value is -1.82. The summed E-state index contributed by atoms with van der Waals surface area (Å²) in [6, 6.07) is 7.22. The number of benzene rings is 1. The van der Waals surface area contributed by atoms with Gasteiger partial charge in [-0.15, -0.1) is 0 Å². The molecule has 1 aromatic carbocycles. The summed E-state index contributed by atoms with van der Waals surface area (Å²) in [6.07, 6.45) is -1.79. The highest BCUT2D eigenvalue weighted by Crippen LogP contribution is 2.42. The Labute approximate surface area is 120 Å². The van der Waals surface area contributed by atoms with Gasteiger partial charge in [0.05, 0.1) is 23.8 Å². The molecule has 0 fully saturated rings. The quantitative estimate of drug-likeness (QED) is 0.872. The number of aromatic nitrogens is 2. The molecular weight excluding hydrogens is 279 g/mol. The lowest BCUT2D eigenvalue weighted by Gasteiger charge is -2.35. The molecule has 21 heavy (non-hydrogen) atoms. The third-order valence-corrected chi connectivity index (χ3v) is 4.16. The molecule has 112 valence electrons. The van der Waals surface area contributed by atoms with E-state index in [1.807, 2.05) is 24.3 Å². The maximum Gasteiger partial charge on any atom is 0.419 e. The summed E-state index contributed by atoms with van der Waals surface area (Å²) in [4.78, 5) is 0. The zero-order chi connectivity index (χ0) is 15.2. The average Bonchev–Trinajstić information content (AvgIpc) is 2.92. The second kappa shape index (κ2) is 4.87. The number of alkyl halides is 3. The zero-order valence-corrected chi connectivity index (χ0v) is 11.5. The van der Waals surface area contributed by atoms with Gasteiger partial charge in [-0.25, -0.2) is 0 Å². The van der Waals surface area contributed by atoms with Crippen LogP contribution in [0.1, 0.15) is 48.0 Å². The van der Waals surface area contributed by atoms with Crippen LogP contribution in [0.3, 0.4) is 0 Å². The van der Waals surface area contributed by atoms with Crippen LogP contribution in [-0.2, 0) is 6.18 Å². The van der Waals surface area contributed by atoms with Crippen LogP contribution in [0.4, 0.5) is 13.2 Å². The molecule has 1 aliphatic rings. The molecule has 0 saturated heterocycles. The number of nitrogens with two attached hydrogens (primary N) is 1. The van der Waals surface area contributed by atoms with E-state index in [1.54, 1.807) is 0 Å². The van der Waals surface area contributed by atoms with Crippen LogP contribution < -0.4 is 5.73 Å². The third-order valence-electron chi connectivity index (χ3n) is 4.16. The predicted molar refractivity (Wildman–Crippen MR) is 72.7 cm³/mol. The summed E-state index contributed by atoms with van der Waals surface area (Å²) < 4.78 is 39.5. The van der Waals surface area contributed by atoms with Crippen molar-refractivity contribution in [2.75, 3.05) is 0 Å². The van der Waals surface area contributed by atoms with E-state index in [4.69, 9.17) is 5.73 Å². The van der Waals surface area contributed by atoms with E-state index in [2.05, 4.69) is 12.0 Å². The molecule has 0 bridgehead atoms. The van der Waals surface area contributed by atoms with Crippen LogP contribution in [0, 0.1) is 0 Å². The van der Waals surface area contributed by atoms with Crippen LogP contribution in [0.5, 0.6) is 0 Å². The lowest BCUT2D eigenvalue weighted by Crippen LogP contribution is -2.31. The van der Waals surface area contributed by atoms with Crippen LogP contribution in [0.25, 0.3) is 0 Å². The molecule has 3 atom stereocenters. The van der Waals surface area contributed by atoms with Gasteiger partial charge >= 0.3 is 6.18 Å². The Morgan fingerprint density at radius 1 is 1.24 bits per heavy atom. The SMILES string of the molecule is CC1CC(n2cc(C(F)(F)F)cn2)C(N)c2ccccc21. The Kier molecular flexibility index (Phi) is 3.28. The van der Waals surface area contributed by atoms with Crippen molar-refractivity contribution in [2.45, 2.75) is 37.5 Å². The molecule has 1 aromatic heterocycles. The minimum Gasteiger partial charge on any atom is -0.322 e. The van der Waals surface area contributed by atoms with Gasteiger partial charge in [0.25, 0.3) is 0 Å². The smallest absolute Gasteiger partial charge is 0.322 e. The molecule has 0 saturated carbocycles. The second-order valence-electron chi connectivity index (χ2n) is 5.57. The fraction of sp³-hybridized carbons (Fsp3) is 0.400. The Bertz CT molecular complexity index is 648. The molecule has 2 aromatic rings. The minimum atomic E-state index is -4.37. The fourth-order valence-corrected chi connectivity index (χ4v) is 3.04. The molecular formula is C15H16F3N3. The Morgan fingerprint density at radius 2 is 1.90 bits per heavy atom. The molecule has 3 nitrogen and oxygen atoms in total. The van der Waals surface area contributed by atoms with Gasteiger partial charge in [-0.1, -0.05) is 31.2 Å². The van der Waals surface area contributed by atoms with Gasteiger partial charge in [0.15, 0.2) is 0 Å². The van der Waals surface area contributed by atoms with E-state index in [1.165, 1.54) is 10.2 Å². The first-order valence-electron chi connectivity index (χ1n) is 6.83. The van der Waals surface area contributed by atoms with Crippen molar-refractivity contribution in [2.24, 2.45) is 5.73 Å². The summed E-state index contributed by atoms with van der Waals surface area (Å²) >= 11 is 0. The topological polar surface area (TPSA) is 43.8 Å². The normalized spacial score (nSPS) is 25.7. The Balaban J connectivity index is 1.96. The van der Waals surface area contributed by atoms with E-state index in [0.717, 1.165) is 18.0 Å². The van der Waals surface area contributed by atoms with E-state index in [0.29, 0.717) is 6.42 Å². The van der Waals surface area contributed by atoms with Crippen molar-refractivity contribution in [3.8, 4) is 0 Å². The van der Waals surface area contributed by atoms with E-state index in [-0.39, 0.29) is 18.0 Å². The van der Waals surface area contributed by atoms with E-state index < -0.39 is 11.7 Å². The maximum atomic E-state index is 12.7. The van der Waals surface area contributed by atoms with Crippen LogP contribution in [0.15, 0.2) is 36.7 Å². The van der Waals surface area contributed by atoms with Gasteiger partial charge in [-0.05, 0) is 23.5 Å². The molecule has 2 N–H and O–H groups in total. The molecule has 0 spiro atoms. The maximum absolute atomic E-state index is 12.7. The third kappa shape index (κ3) is 2.44. The molecule has 0 amide bonds. The standard InChI is InChI=1S/C15H16F3N3/c1-9-6-13(14(19)12-5-3-2-4-11(9)12)21-8-10(7-20-21)15(16,17)18/h2-5,7-9,13-14H,6,19H2,1H3. The van der Waals surface area contributed by atoms with Gasteiger partial charge in [-0.2, -0.15) is 18.3 Å². The molecule has 1 heterocycles. The van der Waals surface area contributed by atoms with E-state index >= 15 is 0 Å². The van der Waals surface area contributed by atoms with Crippen molar-refractivity contribution in [3.05, 3.63) is 53.3 Å². The van der Waals surface area contributed by atoms with Crippen molar-refractivity contribution in [1.82, 2.24) is 9.78 Å². The molecule has 3 unspecified atom stereocenters. The van der Waals surface area contributed by atoms with Gasteiger partial charge < -0.3 is 5.73 Å².